The molecule has 0 atom stereocenters. The minimum atomic E-state index is 0.602. The Hall–Kier alpha value is -2.56. The second-order valence-electron chi connectivity index (χ2n) is 5.64. The van der Waals surface area contributed by atoms with Gasteiger partial charge >= 0.3 is 0 Å². The second kappa shape index (κ2) is 6.75. The maximum Gasteiger partial charge on any atom is 0.138 e. The average Bonchev–Trinajstić information content (AvgIpc) is 3.04. The Bertz CT molecular complexity index is 1030. The number of nitrogens with one attached hydrogen (secondary N) is 2. The number of aromatic amines is 1. The minimum absolute atomic E-state index is 0.602. The predicted molar refractivity (Wildman–Crippen MR) is 103 cm³/mol. The number of benzene rings is 1. The Morgan fingerprint density at radius 1 is 1.00 bits per heavy atom. The lowest BCUT2D eigenvalue weighted by Crippen LogP contribution is -2.01. The molecule has 1 aromatic carbocycles. The van der Waals surface area contributed by atoms with Gasteiger partial charge in [-0.3, -0.25) is 0 Å². The van der Waals surface area contributed by atoms with Crippen LogP contribution in [-0.2, 0) is 6.54 Å². The Morgan fingerprint density at radius 3 is 2.68 bits per heavy atom. The molecule has 4 rings (SSSR count). The Kier molecular flexibility index (Phi) is 4.30. The molecule has 25 heavy (non-hydrogen) atoms. The van der Waals surface area contributed by atoms with Crippen molar-refractivity contribution in [3.8, 4) is 11.3 Å². The Labute approximate surface area is 154 Å². The maximum absolute atomic E-state index is 6.08. The number of halogens is 2. The molecule has 3 heterocycles. The summed E-state index contributed by atoms with van der Waals surface area (Å²) in [6.45, 7) is 0.675. The van der Waals surface area contributed by atoms with Crippen LogP contribution < -0.4 is 5.32 Å². The van der Waals surface area contributed by atoms with Gasteiger partial charge in [0.25, 0.3) is 0 Å². The zero-order chi connectivity index (χ0) is 17.2. The molecule has 0 aliphatic heterocycles. The van der Waals surface area contributed by atoms with E-state index in [1.165, 1.54) is 0 Å². The quantitative estimate of drug-likeness (QED) is 0.496. The number of nitrogens with zero attached hydrogens (tertiary/aromatic N) is 2. The highest BCUT2D eigenvalue weighted by molar-refractivity contribution is 6.31. The zero-order valence-corrected chi connectivity index (χ0v) is 14.6. The van der Waals surface area contributed by atoms with Crippen LogP contribution in [0.15, 0.2) is 60.9 Å². The fourth-order valence-corrected chi connectivity index (χ4v) is 2.95. The molecule has 4 aromatic rings. The van der Waals surface area contributed by atoms with E-state index < -0.39 is 0 Å². The van der Waals surface area contributed by atoms with Crippen molar-refractivity contribution in [2.45, 2.75) is 6.54 Å². The van der Waals surface area contributed by atoms with E-state index in [1.54, 1.807) is 6.20 Å². The van der Waals surface area contributed by atoms with Crippen LogP contribution in [0.2, 0.25) is 10.0 Å². The highest BCUT2D eigenvalue weighted by Gasteiger charge is 2.09. The van der Waals surface area contributed by atoms with Gasteiger partial charge in [0.15, 0.2) is 0 Å². The molecule has 0 aliphatic rings. The van der Waals surface area contributed by atoms with E-state index in [0.717, 1.165) is 38.7 Å². The molecule has 0 spiro atoms. The first-order valence-corrected chi connectivity index (χ1v) is 8.53. The van der Waals surface area contributed by atoms with Crippen molar-refractivity contribution in [3.63, 3.8) is 0 Å². The molecule has 0 amide bonds. The highest BCUT2D eigenvalue weighted by Crippen LogP contribution is 2.28. The van der Waals surface area contributed by atoms with Gasteiger partial charge in [0, 0.05) is 34.9 Å². The Morgan fingerprint density at radius 2 is 1.84 bits per heavy atom. The summed E-state index contributed by atoms with van der Waals surface area (Å²) in [4.78, 5) is 12.1. The fraction of sp³-hybridized carbons (Fsp3) is 0.0526. The van der Waals surface area contributed by atoms with Crippen molar-refractivity contribution in [2.24, 2.45) is 0 Å². The summed E-state index contributed by atoms with van der Waals surface area (Å²) >= 11 is 12.0. The summed E-state index contributed by atoms with van der Waals surface area (Å²) in [6.07, 6.45) is 3.53. The molecular formula is C19H14Cl2N4. The SMILES string of the molecule is Clc1ccc(CNc2cccc(-c3c[nH]c4ncc(Cl)cc34)n2)cc1. The van der Waals surface area contributed by atoms with Crippen molar-refractivity contribution >= 4 is 40.1 Å². The molecule has 0 bridgehead atoms. The molecule has 124 valence electrons. The van der Waals surface area contributed by atoms with E-state index in [1.807, 2.05) is 54.7 Å². The number of anilines is 1. The number of rotatable bonds is 4. The van der Waals surface area contributed by atoms with Crippen molar-refractivity contribution in [1.82, 2.24) is 15.0 Å². The second-order valence-corrected chi connectivity index (χ2v) is 6.51. The van der Waals surface area contributed by atoms with E-state index in [0.29, 0.717) is 11.6 Å². The van der Waals surface area contributed by atoms with Crippen LogP contribution in [-0.4, -0.2) is 15.0 Å². The van der Waals surface area contributed by atoms with Gasteiger partial charge < -0.3 is 10.3 Å². The summed E-state index contributed by atoms with van der Waals surface area (Å²) in [5.74, 6) is 0.803. The first kappa shape index (κ1) is 15.9. The van der Waals surface area contributed by atoms with Gasteiger partial charge in [-0.15, -0.1) is 0 Å². The molecule has 0 saturated heterocycles. The zero-order valence-electron chi connectivity index (χ0n) is 13.1. The standard InChI is InChI=1S/C19H14Cl2N4/c20-13-6-4-12(5-7-13)9-22-18-3-1-2-17(25-18)16-11-24-19-15(16)8-14(21)10-23-19/h1-8,10-11H,9H2,(H,22,25)(H,23,24). The summed E-state index contributed by atoms with van der Waals surface area (Å²) in [6, 6.07) is 15.5. The van der Waals surface area contributed by atoms with Crippen LogP contribution in [0.25, 0.3) is 22.3 Å². The lowest BCUT2D eigenvalue weighted by Gasteiger charge is -2.07. The summed E-state index contributed by atoms with van der Waals surface area (Å²) in [5.41, 5.74) is 3.76. The first-order valence-electron chi connectivity index (χ1n) is 7.77. The molecule has 0 fully saturated rings. The van der Waals surface area contributed by atoms with Gasteiger partial charge in [0.1, 0.15) is 11.5 Å². The van der Waals surface area contributed by atoms with Gasteiger partial charge in [-0.2, -0.15) is 0 Å². The fourth-order valence-electron chi connectivity index (χ4n) is 2.67. The average molecular weight is 369 g/mol. The topological polar surface area (TPSA) is 53.6 Å². The number of hydrogen-bond acceptors (Lipinski definition) is 3. The van der Waals surface area contributed by atoms with Crippen LogP contribution in [0, 0.1) is 0 Å². The van der Waals surface area contributed by atoms with E-state index in [2.05, 4.69) is 15.3 Å². The maximum atomic E-state index is 6.08. The molecular weight excluding hydrogens is 355 g/mol. The minimum Gasteiger partial charge on any atom is -0.366 e. The van der Waals surface area contributed by atoms with Crippen molar-refractivity contribution in [1.29, 1.82) is 0 Å². The lowest BCUT2D eigenvalue weighted by atomic mass is 10.1. The van der Waals surface area contributed by atoms with E-state index in [4.69, 9.17) is 28.2 Å². The lowest BCUT2D eigenvalue weighted by molar-refractivity contribution is 1.11. The molecule has 6 heteroatoms. The Balaban J connectivity index is 1.60. The van der Waals surface area contributed by atoms with Crippen molar-refractivity contribution in [2.75, 3.05) is 5.32 Å². The molecule has 0 saturated carbocycles. The first-order chi connectivity index (χ1) is 12.2. The molecule has 3 aromatic heterocycles. The molecule has 0 unspecified atom stereocenters. The molecule has 0 aliphatic carbocycles. The largest absolute Gasteiger partial charge is 0.366 e. The van der Waals surface area contributed by atoms with Gasteiger partial charge in [0.05, 0.1) is 10.7 Å². The van der Waals surface area contributed by atoms with E-state index in [9.17, 15) is 0 Å². The van der Waals surface area contributed by atoms with Crippen molar-refractivity contribution in [3.05, 3.63) is 76.5 Å². The van der Waals surface area contributed by atoms with E-state index >= 15 is 0 Å². The van der Waals surface area contributed by atoms with Crippen LogP contribution in [0.3, 0.4) is 0 Å². The number of pyridine rings is 2. The predicted octanol–water partition coefficient (Wildman–Crippen LogP) is 5.54. The van der Waals surface area contributed by atoms with Crippen LogP contribution in [0.5, 0.6) is 0 Å². The summed E-state index contributed by atoms with van der Waals surface area (Å²) < 4.78 is 0. The third-order valence-corrected chi connectivity index (χ3v) is 4.37. The monoisotopic (exact) mass is 368 g/mol. The van der Waals surface area contributed by atoms with Crippen LogP contribution >= 0.6 is 23.2 Å². The highest BCUT2D eigenvalue weighted by atomic mass is 35.5. The van der Waals surface area contributed by atoms with Gasteiger partial charge in [-0.25, -0.2) is 9.97 Å². The molecule has 0 radical (unpaired) electrons. The van der Waals surface area contributed by atoms with E-state index in [-0.39, 0.29) is 0 Å². The van der Waals surface area contributed by atoms with Crippen LogP contribution in [0.1, 0.15) is 5.56 Å². The smallest absolute Gasteiger partial charge is 0.138 e. The number of hydrogen-bond donors (Lipinski definition) is 2. The number of H-pyrrole nitrogens is 1. The molecule has 2 N–H and O–H groups in total. The normalized spacial score (nSPS) is 11.0. The van der Waals surface area contributed by atoms with Gasteiger partial charge in [0.2, 0.25) is 0 Å². The summed E-state index contributed by atoms with van der Waals surface area (Å²) in [7, 11) is 0. The van der Waals surface area contributed by atoms with Gasteiger partial charge in [-0.05, 0) is 35.9 Å². The molecule has 4 nitrogen and oxygen atoms in total. The van der Waals surface area contributed by atoms with Crippen LogP contribution in [0.4, 0.5) is 5.82 Å². The third kappa shape index (κ3) is 3.45. The summed E-state index contributed by atoms with van der Waals surface area (Å²) in [5, 5.41) is 5.62. The van der Waals surface area contributed by atoms with Gasteiger partial charge in [-0.1, -0.05) is 41.4 Å². The number of fused-ring (bicyclic) bond motifs is 1. The number of aromatic nitrogens is 3. The van der Waals surface area contributed by atoms with Crippen molar-refractivity contribution < 1.29 is 0 Å². The third-order valence-electron chi connectivity index (χ3n) is 3.91.